The van der Waals surface area contributed by atoms with Crippen molar-refractivity contribution in [1.29, 1.82) is 0 Å². The molecule has 4 nitrogen and oxygen atoms in total. The van der Waals surface area contributed by atoms with Crippen molar-refractivity contribution in [3.8, 4) is 0 Å². The Kier molecular flexibility index (Phi) is 3.64. The number of aryl methyl sites for hydroxylation is 1. The molecular formula is C13H21N3O. The van der Waals surface area contributed by atoms with E-state index in [9.17, 15) is 5.11 Å². The van der Waals surface area contributed by atoms with Crippen LogP contribution in [0.3, 0.4) is 0 Å². The van der Waals surface area contributed by atoms with Gasteiger partial charge < -0.3 is 14.9 Å². The van der Waals surface area contributed by atoms with Gasteiger partial charge in [-0.1, -0.05) is 6.07 Å². The van der Waals surface area contributed by atoms with Crippen molar-refractivity contribution in [1.82, 2.24) is 9.88 Å². The van der Waals surface area contributed by atoms with E-state index in [1.54, 1.807) is 6.92 Å². The predicted molar refractivity (Wildman–Crippen MR) is 69.3 cm³/mol. The highest BCUT2D eigenvalue weighted by Crippen LogP contribution is 2.20. The smallest absolute Gasteiger partial charge is 0.128 e. The van der Waals surface area contributed by atoms with Crippen LogP contribution in [0.1, 0.15) is 24.3 Å². The van der Waals surface area contributed by atoms with Crippen LogP contribution in [-0.2, 0) is 0 Å². The molecule has 1 unspecified atom stereocenters. The fourth-order valence-corrected chi connectivity index (χ4v) is 2.21. The van der Waals surface area contributed by atoms with Crippen molar-refractivity contribution in [3.05, 3.63) is 23.4 Å². The largest absolute Gasteiger partial charge is 0.389 e. The molecule has 0 bridgehead atoms. The molecule has 0 radical (unpaired) electrons. The van der Waals surface area contributed by atoms with E-state index in [2.05, 4.69) is 21.8 Å². The Hall–Kier alpha value is -1.13. The number of aromatic nitrogens is 1. The number of likely N-dealkylation sites (N-methyl/N-ethyl adjacent to an activating group) is 1. The van der Waals surface area contributed by atoms with Crippen molar-refractivity contribution in [2.45, 2.75) is 20.0 Å². The average molecular weight is 235 g/mol. The van der Waals surface area contributed by atoms with Crippen LogP contribution in [0.4, 0.5) is 5.82 Å². The van der Waals surface area contributed by atoms with Crippen molar-refractivity contribution in [2.75, 3.05) is 38.1 Å². The molecule has 0 aliphatic carbocycles. The number of piperazine rings is 1. The first-order valence-corrected chi connectivity index (χ1v) is 6.17. The quantitative estimate of drug-likeness (QED) is 0.836. The van der Waals surface area contributed by atoms with Gasteiger partial charge >= 0.3 is 0 Å². The highest BCUT2D eigenvalue weighted by molar-refractivity contribution is 5.42. The molecule has 0 aromatic carbocycles. The van der Waals surface area contributed by atoms with Crippen LogP contribution in [0, 0.1) is 6.92 Å². The van der Waals surface area contributed by atoms with Gasteiger partial charge in [-0.3, -0.25) is 0 Å². The lowest BCUT2D eigenvalue weighted by Gasteiger charge is -2.33. The Morgan fingerprint density at radius 1 is 1.24 bits per heavy atom. The second-order valence-corrected chi connectivity index (χ2v) is 4.81. The van der Waals surface area contributed by atoms with Gasteiger partial charge in [0.1, 0.15) is 5.82 Å². The van der Waals surface area contributed by atoms with Crippen LogP contribution >= 0.6 is 0 Å². The minimum atomic E-state index is -0.441. The highest BCUT2D eigenvalue weighted by Gasteiger charge is 2.16. The maximum Gasteiger partial charge on any atom is 0.128 e. The molecule has 1 atom stereocenters. The van der Waals surface area contributed by atoms with E-state index in [0.29, 0.717) is 0 Å². The summed E-state index contributed by atoms with van der Waals surface area (Å²) in [6.45, 7) is 7.95. The molecule has 1 aromatic rings. The Balaban J connectivity index is 2.14. The Morgan fingerprint density at radius 3 is 2.41 bits per heavy atom. The van der Waals surface area contributed by atoms with Gasteiger partial charge in [0.05, 0.1) is 6.10 Å². The molecule has 1 aliphatic heterocycles. The third-order valence-corrected chi connectivity index (χ3v) is 3.39. The fourth-order valence-electron chi connectivity index (χ4n) is 2.21. The summed E-state index contributed by atoms with van der Waals surface area (Å²) in [7, 11) is 2.15. The van der Waals surface area contributed by atoms with Crippen molar-refractivity contribution < 1.29 is 5.11 Å². The van der Waals surface area contributed by atoms with Crippen molar-refractivity contribution in [2.24, 2.45) is 0 Å². The van der Waals surface area contributed by atoms with Crippen LogP contribution in [0.2, 0.25) is 0 Å². The maximum absolute atomic E-state index is 9.58. The maximum atomic E-state index is 9.58. The van der Waals surface area contributed by atoms with Gasteiger partial charge in [0.25, 0.3) is 0 Å². The second-order valence-electron chi connectivity index (χ2n) is 4.81. The molecular weight excluding hydrogens is 214 g/mol. The lowest BCUT2D eigenvalue weighted by Crippen LogP contribution is -2.44. The van der Waals surface area contributed by atoms with E-state index in [1.165, 1.54) is 0 Å². The number of hydrogen-bond acceptors (Lipinski definition) is 4. The van der Waals surface area contributed by atoms with Gasteiger partial charge in [-0.15, -0.1) is 0 Å². The van der Waals surface area contributed by atoms with Crippen molar-refractivity contribution in [3.63, 3.8) is 0 Å². The summed E-state index contributed by atoms with van der Waals surface area (Å²) in [5, 5.41) is 9.58. The highest BCUT2D eigenvalue weighted by atomic mass is 16.3. The first-order valence-electron chi connectivity index (χ1n) is 6.17. The third-order valence-electron chi connectivity index (χ3n) is 3.39. The number of pyridine rings is 1. The predicted octanol–water partition coefficient (Wildman–Crippen LogP) is 1.20. The van der Waals surface area contributed by atoms with E-state index in [4.69, 9.17) is 0 Å². The van der Waals surface area contributed by atoms with E-state index >= 15 is 0 Å². The third kappa shape index (κ3) is 2.76. The van der Waals surface area contributed by atoms with E-state index < -0.39 is 6.10 Å². The summed E-state index contributed by atoms with van der Waals surface area (Å²) >= 11 is 0. The molecule has 0 spiro atoms. The molecule has 94 valence electrons. The van der Waals surface area contributed by atoms with Gasteiger partial charge in [0.15, 0.2) is 0 Å². The van der Waals surface area contributed by atoms with Crippen molar-refractivity contribution >= 4 is 5.82 Å². The summed E-state index contributed by atoms with van der Waals surface area (Å²) < 4.78 is 0. The fraction of sp³-hybridized carbons (Fsp3) is 0.615. The molecule has 4 heteroatoms. The van der Waals surface area contributed by atoms with Crippen LogP contribution < -0.4 is 4.90 Å². The molecule has 1 fully saturated rings. The summed E-state index contributed by atoms with van der Waals surface area (Å²) in [4.78, 5) is 9.22. The molecule has 2 heterocycles. The normalized spacial score (nSPS) is 19.4. The molecule has 0 amide bonds. The zero-order valence-corrected chi connectivity index (χ0v) is 10.8. The molecule has 1 aromatic heterocycles. The van der Waals surface area contributed by atoms with E-state index in [0.717, 1.165) is 43.3 Å². The lowest BCUT2D eigenvalue weighted by atomic mass is 10.1. The summed E-state index contributed by atoms with van der Waals surface area (Å²) in [5.41, 5.74) is 1.85. The molecule has 17 heavy (non-hydrogen) atoms. The van der Waals surface area contributed by atoms with Gasteiger partial charge in [-0.25, -0.2) is 4.98 Å². The number of anilines is 1. The molecule has 1 N–H and O–H groups in total. The zero-order chi connectivity index (χ0) is 12.4. The average Bonchev–Trinajstić information content (AvgIpc) is 2.29. The Morgan fingerprint density at radius 2 is 1.88 bits per heavy atom. The first kappa shape index (κ1) is 12.3. The van der Waals surface area contributed by atoms with Gasteiger partial charge in [-0.2, -0.15) is 0 Å². The molecule has 2 rings (SSSR count). The second kappa shape index (κ2) is 5.02. The van der Waals surface area contributed by atoms with Gasteiger partial charge in [0, 0.05) is 37.4 Å². The van der Waals surface area contributed by atoms with E-state index in [-0.39, 0.29) is 0 Å². The summed E-state index contributed by atoms with van der Waals surface area (Å²) in [5.74, 6) is 1.03. The minimum absolute atomic E-state index is 0.441. The summed E-state index contributed by atoms with van der Waals surface area (Å²) in [6.07, 6.45) is -0.441. The molecule has 1 aliphatic rings. The molecule has 1 saturated heterocycles. The Labute approximate surface area is 103 Å². The first-order chi connectivity index (χ1) is 8.08. The SMILES string of the molecule is Cc1nc(N2CCN(C)CC2)ccc1C(C)O. The number of aliphatic hydroxyl groups is 1. The number of hydrogen-bond donors (Lipinski definition) is 1. The van der Waals surface area contributed by atoms with Crippen LogP contribution in [0.15, 0.2) is 12.1 Å². The number of rotatable bonds is 2. The number of nitrogens with zero attached hydrogens (tertiary/aromatic N) is 3. The number of aliphatic hydroxyl groups excluding tert-OH is 1. The summed E-state index contributed by atoms with van der Waals surface area (Å²) in [6, 6.07) is 4.00. The van der Waals surface area contributed by atoms with Gasteiger partial charge in [-0.05, 0) is 27.0 Å². The standard InChI is InChI=1S/C13H21N3O/c1-10-12(11(2)17)4-5-13(14-10)16-8-6-15(3)7-9-16/h4-5,11,17H,6-9H2,1-3H3. The Bertz CT molecular complexity index is 384. The monoisotopic (exact) mass is 235 g/mol. The van der Waals surface area contributed by atoms with E-state index in [1.807, 2.05) is 19.1 Å². The minimum Gasteiger partial charge on any atom is -0.389 e. The van der Waals surface area contributed by atoms with Crippen LogP contribution in [-0.4, -0.2) is 48.2 Å². The van der Waals surface area contributed by atoms with Gasteiger partial charge in [0.2, 0.25) is 0 Å². The van der Waals surface area contributed by atoms with Crippen LogP contribution in [0.5, 0.6) is 0 Å². The lowest BCUT2D eigenvalue weighted by molar-refractivity contribution is 0.198. The molecule has 0 saturated carbocycles. The topological polar surface area (TPSA) is 39.6 Å². The zero-order valence-electron chi connectivity index (χ0n) is 10.8. The van der Waals surface area contributed by atoms with Crippen LogP contribution in [0.25, 0.3) is 0 Å².